The van der Waals surface area contributed by atoms with E-state index in [1.54, 1.807) is 0 Å². The molecule has 3 N–H and O–H groups in total. The van der Waals surface area contributed by atoms with Crippen molar-refractivity contribution in [1.29, 1.82) is 0 Å². The lowest BCUT2D eigenvalue weighted by molar-refractivity contribution is -0.137. The summed E-state index contributed by atoms with van der Waals surface area (Å²) in [5, 5.41) is 5.57. The van der Waals surface area contributed by atoms with Crippen molar-refractivity contribution in [3.8, 4) is 0 Å². The van der Waals surface area contributed by atoms with Crippen LogP contribution in [0.5, 0.6) is 0 Å². The Kier molecular flexibility index (Phi) is 3.96. The lowest BCUT2D eigenvalue weighted by atomic mass is 10.4. The van der Waals surface area contributed by atoms with Crippen LogP contribution in [-0.2, 0) is 16.6 Å². The molecule has 2 aromatic heterocycles. The normalized spacial score (nSPS) is 13.0. The smallest absolute Gasteiger partial charge is 0.402 e. The molecule has 2 aromatic rings. The number of nitrogens with two attached hydrogens (primary N) is 1. The summed E-state index contributed by atoms with van der Waals surface area (Å²) >= 11 is 0. The summed E-state index contributed by atoms with van der Waals surface area (Å²) in [7, 11) is -4.46. The first-order chi connectivity index (χ1) is 9.70. The minimum atomic E-state index is -4.71. The number of nitrogen functional groups attached to an aromatic ring is 1. The number of H-pyrrole nitrogens is 1. The minimum Gasteiger partial charge on any atom is -0.468 e. The SMILES string of the molecule is Nc1[nH]ncc1S(=O)(=O)N(Cc1ccco1)CC(F)(F)F. The molecule has 0 fully saturated rings. The maximum atomic E-state index is 12.6. The molecule has 0 saturated carbocycles. The zero-order valence-corrected chi connectivity index (χ0v) is 11.3. The van der Waals surface area contributed by atoms with E-state index in [0.29, 0.717) is 0 Å². The standard InChI is InChI=1S/C10H11F3N4O3S/c11-10(12,13)6-17(5-7-2-1-3-20-7)21(18,19)8-4-15-16-9(8)14/h1-4H,5-6H2,(H3,14,15,16). The van der Waals surface area contributed by atoms with Crippen LogP contribution in [0.15, 0.2) is 33.9 Å². The molecule has 0 aliphatic carbocycles. The fourth-order valence-corrected chi connectivity index (χ4v) is 3.03. The van der Waals surface area contributed by atoms with E-state index in [9.17, 15) is 21.6 Å². The molecule has 0 atom stereocenters. The molecule has 2 rings (SSSR count). The van der Waals surface area contributed by atoms with Gasteiger partial charge in [0.1, 0.15) is 23.0 Å². The highest BCUT2D eigenvalue weighted by Crippen LogP contribution is 2.26. The van der Waals surface area contributed by atoms with Crippen LogP contribution in [-0.4, -0.2) is 35.6 Å². The van der Waals surface area contributed by atoms with Crippen molar-refractivity contribution in [3.63, 3.8) is 0 Å². The molecule has 0 aliphatic rings. The third kappa shape index (κ3) is 3.55. The summed E-state index contributed by atoms with van der Waals surface area (Å²) in [5.74, 6) is -0.258. The maximum Gasteiger partial charge on any atom is 0.402 e. The Morgan fingerprint density at radius 1 is 1.43 bits per heavy atom. The van der Waals surface area contributed by atoms with Gasteiger partial charge >= 0.3 is 6.18 Å². The van der Waals surface area contributed by atoms with Crippen LogP contribution in [0.1, 0.15) is 5.76 Å². The number of aromatic nitrogens is 2. The van der Waals surface area contributed by atoms with Gasteiger partial charge in [0.05, 0.1) is 19.0 Å². The highest BCUT2D eigenvalue weighted by molar-refractivity contribution is 7.89. The number of halogens is 3. The topological polar surface area (TPSA) is 105 Å². The van der Waals surface area contributed by atoms with Crippen molar-refractivity contribution in [3.05, 3.63) is 30.4 Å². The van der Waals surface area contributed by atoms with Crippen molar-refractivity contribution in [2.24, 2.45) is 0 Å². The number of nitrogens with zero attached hydrogens (tertiary/aromatic N) is 2. The van der Waals surface area contributed by atoms with Crippen molar-refractivity contribution in [2.75, 3.05) is 12.3 Å². The Labute approximate surface area is 117 Å². The molecule has 116 valence electrons. The van der Waals surface area contributed by atoms with E-state index < -0.39 is 34.2 Å². The number of alkyl halides is 3. The van der Waals surface area contributed by atoms with E-state index in [-0.39, 0.29) is 15.9 Å². The average molecular weight is 324 g/mol. The van der Waals surface area contributed by atoms with Crippen LogP contribution in [0.2, 0.25) is 0 Å². The Hall–Kier alpha value is -2.01. The Bertz CT molecular complexity index is 693. The van der Waals surface area contributed by atoms with E-state index in [0.717, 1.165) is 6.20 Å². The van der Waals surface area contributed by atoms with Crippen molar-refractivity contribution < 1.29 is 26.0 Å². The van der Waals surface area contributed by atoms with Gasteiger partial charge in [-0.25, -0.2) is 8.42 Å². The molecule has 0 aromatic carbocycles. The van der Waals surface area contributed by atoms with Gasteiger partial charge in [-0.1, -0.05) is 0 Å². The van der Waals surface area contributed by atoms with E-state index in [4.69, 9.17) is 10.2 Å². The second-order valence-corrected chi connectivity index (χ2v) is 6.02. The number of furan rings is 1. The molecule has 21 heavy (non-hydrogen) atoms. The highest BCUT2D eigenvalue weighted by atomic mass is 32.2. The number of anilines is 1. The number of sulfonamides is 1. The molecule has 0 bridgehead atoms. The Balaban J connectivity index is 2.37. The molecule has 0 aliphatic heterocycles. The quantitative estimate of drug-likeness (QED) is 0.863. The van der Waals surface area contributed by atoms with Crippen LogP contribution in [0.3, 0.4) is 0 Å². The Morgan fingerprint density at radius 3 is 2.62 bits per heavy atom. The third-order valence-corrected chi connectivity index (χ3v) is 4.34. The van der Waals surface area contributed by atoms with Gasteiger partial charge in [-0.3, -0.25) is 5.10 Å². The van der Waals surface area contributed by atoms with Crippen LogP contribution in [0.25, 0.3) is 0 Å². The molecule has 11 heteroatoms. The van der Waals surface area contributed by atoms with Gasteiger partial charge in [-0.05, 0) is 12.1 Å². The average Bonchev–Trinajstić information content (AvgIpc) is 2.97. The van der Waals surface area contributed by atoms with Crippen LogP contribution in [0, 0.1) is 0 Å². The molecule has 0 radical (unpaired) electrons. The van der Waals surface area contributed by atoms with Gasteiger partial charge in [0.2, 0.25) is 10.0 Å². The molecule has 0 saturated heterocycles. The first-order valence-corrected chi connectivity index (χ1v) is 7.02. The number of hydrogen-bond donors (Lipinski definition) is 2. The summed E-state index contributed by atoms with van der Waals surface area (Å²) in [5.41, 5.74) is 5.37. The summed E-state index contributed by atoms with van der Waals surface area (Å²) in [6, 6.07) is 2.82. The van der Waals surface area contributed by atoms with Crippen molar-refractivity contribution >= 4 is 15.8 Å². The zero-order chi connectivity index (χ0) is 15.7. The monoisotopic (exact) mass is 324 g/mol. The van der Waals surface area contributed by atoms with E-state index in [2.05, 4.69) is 10.2 Å². The fraction of sp³-hybridized carbons (Fsp3) is 0.300. The van der Waals surface area contributed by atoms with Crippen molar-refractivity contribution in [1.82, 2.24) is 14.5 Å². The second-order valence-electron chi connectivity index (χ2n) is 4.12. The summed E-state index contributed by atoms with van der Waals surface area (Å²) in [4.78, 5) is -0.515. The van der Waals surface area contributed by atoms with Gasteiger partial charge in [0.25, 0.3) is 0 Å². The fourth-order valence-electron chi connectivity index (χ4n) is 1.63. The predicted molar refractivity (Wildman–Crippen MR) is 65.4 cm³/mol. The first-order valence-electron chi connectivity index (χ1n) is 5.58. The van der Waals surface area contributed by atoms with Gasteiger partial charge in [0, 0.05) is 0 Å². The Morgan fingerprint density at radius 2 is 2.14 bits per heavy atom. The second kappa shape index (κ2) is 5.41. The van der Waals surface area contributed by atoms with E-state index in [1.807, 2.05) is 0 Å². The van der Waals surface area contributed by atoms with Gasteiger partial charge in [-0.15, -0.1) is 0 Å². The number of nitrogens with one attached hydrogen (secondary N) is 1. The molecule has 0 unspecified atom stereocenters. The molecule has 0 spiro atoms. The van der Waals surface area contributed by atoms with Gasteiger partial charge in [-0.2, -0.15) is 22.6 Å². The first kappa shape index (κ1) is 15.4. The highest BCUT2D eigenvalue weighted by Gasteiger charge is 2.38. The summed E-state index contributed by atoms with van der Waals surface area (Å²) in [6.07, 6.45) is -2.62. The van der Waals surface area contributed by atoms with Crippen LogP contribution < -0.4 is 5.73 Å². The largest absolute Gasteiger partial charge is 0.468 e. The van der Waals surface area contributed by atoms with Gasteiger partial charge in [0.15, 0.2) is 0 Å². The lowest BCUT2D eigenvalue weighted by Gasteiger charge is -2.22. The summed E-state index contributed by atoms with van der Waals surface area (Å²) < 4.78 is 67.5. The zero-order valence-electron chi connectivity index (χ0n) is 10.5. The maximum absolute atomic E-state index is 12.6. The van der Waals surface area contributed by atoms with Crippen molar-refractivity contribution in [2.45, 2.75) is 17.6 Å². The van der Waals surface area contributed by atoms with E-state index >= 15 is 0 Å². The van der Waals surface area contributed by atoms with Gasteiger partial charge < -0.3 is 10.2 Å². The molecule has 2 heterocycles. The van der Waals surface area contributed by atoms with Crippen LogP contribution >= 0.6 is 0 Å². The third-order valence-electron chi connectivity index (χ3n) is 2.52. The lowest BCUT2D eigenvalue weighted by Crippen LogP contribution is -2.38. The molecule has 0 amide bonds. The predicted octanol–water partition coefficient (Wildman–Crippen LogP) is 1.34. The number of hydrogen-bond acceptors (Lipinski definition) is 5. The molecular weight excluding hydrogens is 313 g/mol. The summed E-state index contributed by atoms with van der Waals surface area (Å²) in [6.45, 7) is -2.24. The molecular formula is C10H11F3N4O3S. The molecule has 7 nitrogen and oxygen atoms in total. The van der Waals surface area contributed by atoms with Crippen LogP contribution in [0.4, 0.5) is 19.0 Å². The van der Waals surface area contributed by atoms with E-state index in [1.165, 1.54) is 18.4 Å². The number of rotatable bonds is 5. The number of aromatic amines is 1. The minimum absolute atomic E-state index is 0.0740.